The summed E-state index contributed by atoms with van der Waals surface area (Å²) in [7, 11) is 0. The van der Waals surface area contributed by atoms with Crippen LogP contribution in [-0.4, -0.2) is 27.7 Å². The molecule has 0 saturated heterocycles. The molecular formula is C18H15N3O6. The highest BCUT2D eigenvalue weighted by molar-refractivity contribution is 5.71. The molecule has 0 bridgehead atoms. The maximum atomic E-state index is 11.8. The van der Waals surface area contributed by atoms with E-state index in [9.17, 15) is 14.9 Å². The van der Waals surface area contributed by atoms with E-state index in [4.69, 9.17) is 13.9 Å². The van der Waals surface area contributed by atoms with Crippen molar-refractivity contribution in [1.29, 1.82) is 0 Å². The summed E-state index contributed by atoms with van der Waals surface area (Å²) in [5.74, 6) is 0.274. The summed E-state index contributed by atoms with van der Waals surface area (Å²) in [5.41, 5.74) is 1.50. The lowest BCUT2D eigenvalue weighted by molar-refractivity contribution is -0.384. The molecule has 9 nitrogen and oxygen atoms in total. The second-order valence-corrected chi connectivity index (χ2v) is 5.57. The third-order valence-corrected chi connectivity index (χ3v) is 3.49. The Balaban J connectivity index is 1.51. The topological polar surface area (TPSA) is 118 Å². The number of ether oxygens (including phenoxy) is 2. The fraction of sp³-hybridized carbons (Fsp3) is 0.167. The van der Waals surface area contributed by atoms with Gasteiger partial charge < -0.3 is 13.9 Å². The van der Waals surface area contributed by atoms with Crippen molar-refractivity contribution in [3.05, 3.63) is 70.1 Å². The van der Waals surface area contributed by atoms with Crippen molar-refractivity contribution in [3.8, 4) is 17.2 Å². The summed E-state index contributed by atoms with van der Waals surface area (Å²) < 4.78 is 15.8. The first kappa shape index (κ1) is 18.1. The van der Waals surface area contributed by atoms with Crippen LogP contribution in [0.2, 0.25) is 0 Å². The number of esters is 1. The van der Waals surface area contributed by atoms with Crippen LogP contribution in [0.5, 0.6) is 5.75 Å². The van der Waals surface area contributed by atoms with Gasteiger partial charge in [0, 0.05) is 17.7 Å². The van der Waals surface area contributed by atoms with Gasteiger partial charge in [0.25, 0.3) is 11.6 Å². The normalized spacial score (nSPS) is 10.4. The molecule has 27 heavy (non-hydrogen) atoms. The lowest BCUT2D eigenvalue weighted by Crippen LogP contribution is -2.14. The summed E-state index contributed by atoms with van der Waals surface area (Å²) in [6.07, 6.45) is 0. The Bertz CT molecular complexity index is 952. The van der Waals surface area contributed by atoms with Crippen LogP contribution in [0.3, 0.4) is 0 Å². The van der Waals surface area contributed by atoms with Gasteiger partial charge >= 0.3 is 5.97 Å². The Kier molecular flexibility index (Phi) is 5.41. The lowest BCUT2D eigenvalue weighted by Gasteiger charge is -2.06. The van der Waals surface area contributed by atoms with E-state index < -0.39 is 10.9 Å². The van der Waals surface area contributed by atoms with Crippen LogP contribution >= 0.6 is 0 Å². The zero-order valence-electron chi connectivity index (χ0n) is 14.3. The van der Waals surface area contributed by atoms with E-state index in [-0.39, 0.29) is 30.7 Å². The van der Waals surface area contributed by atoms with E-state index >= 15 is 0 Å². The zero-order chi connectivity index (χ0) is 19.2. The maximum Gasteiger partial charge on any atom is 0.344 e. The number of carbonyl (C=O) groups is 1. The summed E-state index contributed by atoms with van der Waals surface area (Å²) in [6, 6.07) is 13.0. The monoisotopic (exact) mass is 369 g/mol. The smallest absolute Gasteiger partial charge is 0.344 e. The Labute approximate surface area is 153 Å². The van der Waals surface area contributed by atoms with E-state index in [1.165, 1.54) is 24.3 Å². The first-order valence-corrected chi connectivity index (χ1v) is 7.93. The van der Waals surface area contributed by atoms with E-state index in [0.717, 1.165) is 5.56 Å². The zero-order valence-corrected chi connectivity index (χ0v) is 14.3. The number of hydrogen-bond donors (Lipinski definition) is 0. The highest BCUT2D eigenvalue weighted by Gasteiger charge is 2.13. The number of aryl methyl sites for hydroxylation is 1. The minimum absolute atomic E-state index is 0.0407. The van der Waals surface area contributed by atoms with Crippen LogP contribution in [0.15, 0.2) is 52.9 Å². The second-order valence-electron chi connectivity index (χ2n) is 5.57. The lowest BCUT2D eigenvalue weighted by atomic mass is 10.2. The molecule has 0 spiro atoms. The predicted octanol–water partition coefficient (Wildman–Crippen LogP) is 3.08. The largest absolute Gasteiger partial charge is 0.482 e. The SMILES string of the molecule is Cc1cccc(OCC(=O)OCc2nnc(-c3ccc([N+](=O)[O-])cc3)o2)c1. The molecule has 3 rings (SSSR count). The molecule has 0 unspecified atom stereocenters. The fourth-order valence-electron chi connectivity index (χ4n) is 2.19. The molecule has 0 saturated carbocycles. The van der Waals surface area contributed by atoms with Crippen LogP contribution in [0.1, 0.15) is 11.5 Å². The van der Waals surface area contributed by atoms with Crippen LogP contribution in [-0.2, 0) is 16.1 Å². The molecule has 1 aromatic heterocycles. The van der Waals surface area contributed by atoms with Crippen LogP contribution in [0.25, 0.3) is 11.5 Å². The molecule has 0 fully saturated rings. The third kappa shape index (κ3) is 4.88. The number of nitrogens with zero attached hydrogens (tertiary/aromatic N) is 3. The number of aromatic nitrogens is 2. The van der Waals surface area contributed by atoms with Crippen molar-refractivity contribution in [2.75, 3.05) is 6.61 Å². The number of nitro benzene ring substituents is 1. The molecule has 0 atom stereocenters. The average Bonchev–Trinajstić information content (AvgIpc) is 3.14. The van der Waals surface area contributed by atoms with Gasteiger partial charge in [-0.1, -0.05) is 12.1 Å². The van der Waals surface area contributed by atoms with Crippen molar-refractivity contribution >= 4 is 11.7 Å². The molecule has 0 amide bonds. The van der Waals surface area contributed by atoms with E-state index in [1.54, 1.807) is 6.07 Å². The first-order valence-electron chi connectivity index (χ1n) is 7.93. The van der Waals surface area contributed by atoms with E-state index in [2.05, 4.69) is 10.2 Å². The second kappa shape index (κ2) is 8.09. The van der Waals surface area contributed by atoms with Crippen molar-refractivity contribution in [2.45, 2.75) is 13.5 Å². The number of carbonyl (C=O) groups excluding carboxylic acids is 1. The van der Waals surface area contributed by atoms with Crippen LogP contribution in [0.4, 0.5) is 5.69 Å². The third-order valence-electron chi connectivity index (χ3n) is 3.49. The number of hydrogen-bond acceptors (Lipinski definition) is 8. The van der Waals surface area contributed by atoms with Crippen molar-refractivity contribution < 1.29 is 23.6 Å². The Morgan fingerprint density at radius 3 is 2.67 bits per heavy atom. The number of benzene rings is 2. The van der Waals surface area contributed by atoms with Crippen LogP contribution in [0, 0.1) is 17.0 Å². The van der Waals surface area contributed by atoms with E-state index in [1.807, 2.05) is 25.1 Å². The minimum Gasteiger partial charge on any atom is -0.482 e. The quantitative estimate of drug-likeness (QED) is 0.354. The number of nitro groups is 1. The summed E-state index contributed by atoms with van der Waals surface area (Å²) in [4.78, 5) is 21.9. The Morgan fingerprint density at radius 1 is 1.19 bits per heavy atom. The van der Waals surface area contributed by atoms with Crippen molar-refractivity contribution in [3.63, 3.8) is 0 Å². The molecular weight excluding hydrogens is 354 g/mol. The molecule has 3 aromatic rings. The molecule has 138 valence electrons. The Morgan fingerprint density at radius 2 is 1.96 bits per heavy atom. The predicted molar refractivity (Wildman–Crippen MR) is 92.9 cm³/mol. The van der Waals surface area contributed by atoms with Gasteiger partial charge in [-0.25, -0.2) is 4.79 Å². The first-order chi connectivity index (χ1) is 13.0. The molecule has 2 aromatic carbocycles. The minimum atomic E-state index is -0.577. The van der Waals surface area contributed by atoms with Crippen molar-refractivity contribution in [2.24, 2.45) is 0 Å². The van der Waals surface area contributed by atoms with Gasteiger partial charge in [-0.2, -0.15) is 0 Å². The van der Waals surface area contributed by atoms with Gasteiger partial charge in [0.05, 0.1) is 4.92 Å². The van der Waals surface area contributed by atoms with E-state index in [0.29, 0.717) is 11.3 Å². The standard InChI is InChI=1S/C18H15N3O6/c1-12-3-2-4-15(9-12)25-11-17(22)26-10-16-19-20-18(27-16)13-5-7-14(8-6-13)21(23)24/h2-9H,10-11H2,1H3. The maximum absolute atomic E-state index is 11.8. The molecule has 0 aliphatic rings. The van der Waals surface area contributed by atoms with Crippen LogP contribution < -0.4 is 4.74 Å². The number of rotatable bonds is 7. The molecule has 0 aliphatic carbocycles. The summed E-state index contributed by atoms with van der Waals surface area (Å²) in [6.45, 7) is 1.48. The molecule has 1 heterocycles. The molecule has 0 radical (unpaired) electrons. The van der Waals surface area contributed by atoms with Gasteiger partial charge in [0.2, 0.25) is 5.89 Å². The molecule has 0 N–H and O–H groups in total. The van der Waals surface area contributed by atoms with Gasteiger partial charge in [-0.15, -0.1) is 10.2 Å². The van der Waals surface area contributed by atoms with Gasteiger partial charge in [0.1, 0.15) is 5.75 Å². The average molecular weight is 369 g/mol. The van der Waals surface area contributed by atoms with Crippen molar-refractivity contribution in [1.82, 2.24) is 10.2 Å². The highest BCUT2D eigenvalue weighted by atomic mass is 16.6. The Hall–Kier alpha value is -3.75. The van der Waals surface area contributed by atoms with Gasteiger partial charge in [0.15, 0.2) is 13.2 Å². The van der Waals surface area contributed by atoms with Gasteiger partial charge in [-0.05, 0) is 36.8 Å². The highest BCUT2D eigenvalue weighted by Crippen LogP contribution is 2.21. The summed E-state index contributed by atoms with van der Waals surface area (Å²) >= 11 is 0. The number of non-ortho nitro benzene ring substituents is 1. The molecule has 9 heteroatoms. The summed E-state index contributed by atoms with van der Waals surface area (Å²) in [5, 5.41) is 18.3. The van der Waals surface area contributed by atoms with Gasteiger partial charge in [-0.3, -0.25) is 10.1 Å². The fourth-order valence-corrected chi connectivity index (χ4v) is 2.19. The molecule has 0 aliphatic heterocycles.